The van der Waals surface area contributed by atoms with E-state index < -0.39 is 0 Å². The van der Waals surface area contributed by atoms with Gasteiger partial charge in [-0.3, -0.25) is 9.59 Å². The third kappa shape index (κ3) is 2.66. The number of carbonyl (C=O) groups excluding carboxylic acids is 2. The molecule has 2 amide bonds. The molecule has 1 atom stereocenters. The number of hydrogen-bond acceptors (Lipinski definition) is 6. The second-order valence-electron chi connectivity index (χ2n) is 4.64. The second-order valence-corrected chi connectivity index (χ2v) is 4.64. The van der Waals surface area contributed by atoms with E-state index in [1.54, 1.807) is 12.1 Å². The van der Waals surface area contributed by atoms with Gasteiger partial charge in [0.25, 0.3) is 11.8 Å². The van der Waals surface area contributed by atoms with Crippen LogP contribution in [0.15, 0.2) is 42.5 Å². The predicted molar refractivity (Wildman–Crippen MR) is 72.3 cm³/mol. The monoisotopic (exact) mass is 289 g/mol. The highest BCUT2D eigenvalue weighted by molar-refractivity contribution is 6.12. The minimum absolute atomic E-state index is 0.123. The number of amides is 2. The lowest BCUT2D eigenvalue weighted by atomic mass is 10.3. The van der Waals surface area contributed by atoms with E-state index in [-0.39, 0.29) is 24.8 Å². The molecule has 0 spiro atoms. The van der Waals surface area contributed by atoms with Gasteiger partial charge in [-0.2, -0.15) is 10.0 Å². The highest BCUT2D eigenvalue weighted by atomic mass is 16.6. The molecule has 7 heteroatoms. The van der Waals surface area contributed by atoms with Crippen molar-refractivity contribution in [3.05, 3.63) is 42.5 Å². The Morgan fingerprint density at radius 3 is 2.52 bits per heavy atom. The Bertz CT molecular complexity index is 557. The molecule has 0 saturated carbocycles. The number of hydrazine groups is 2. The number of rotatable bonds is 4. The fraction of sp³-hybridized carbons (Fsp3) is 0.286. The van der Waals surface area contributed by atoms with E-state index in [0.717, 1.165) is 10.8 Å². The van der Waals surface area contributed by atoms with Crippen LogP contribution < -0.4 is 4.74 Å². The van der Waals surface area contributed by atoms with Gasteiger partial charge in [-0.25, -0.2) is 0 Å². The van der Waals surface area contributed by atoms with E-state index in [1.165, 1.54) is 17.3 Å². The summed E-state index contributed by atoms with van der Waals surface area (Å²) < 4.78 is 11.2. The van der Waals surface area contributed by atoms with E-state index >= 15 is 0 Å². The average Bonchev–Trinajstić information content (AvgIpc) is 3.01. The minimum Gasteiger partial charge on any atom is -0.489 e. The summed E-state index contributed by atoms with van der Waals surface area (Å²) in [4.78, 5) is 23.3. The number of para-hydroxylation sites is 1. The number of hydrogen-bond donors (Lipinski definition) is 0. The summed E-state index contributed by atoms with van der Waals surface area (Å²) in [5.74, 6) is -0.0110. The van der Waals surface area contributed by atoms with E-state index in [1.807, 2.05) is 30.3 Å². The molecule has 2 aliphatic rings. The summed E-state index contributed by atoms with van der Waals surface area (Å²) in [6.07, 6.45) is 2.11. The van der Waals surface area contributed by atoms with Crippen LogP contribution in [0, 0.1) is 0 Å². The molecule has 3 rings (SSSR count). The van der Waals surface area contributed by atoms with Gasteiger partial charge < -0.3 is 9.47 Å². The fourth-order valence-electron chi connectivity index (χ4n) is 2.16. The van der Waals surface area contributed by atoms with Gasteiger partial charge in [0, 0.05) is 19.2 Å². The SMILES string of the molecule is CN1C(COc2ccccc2)OCN1N1C(=O)C=CC1=O. The number of nitrogens with zero attached hydrogens (tertiary/aromatic N) is 3. The molecule has 1 saturated heterocycles. The molecule has 2 heterocycles. The van der Waals surface area contributed by atoms with Crippen LogP contribution in [0.25, 0.3) is 0 Å². The van der Waals surface area contributed by atoms with Crippen molar-refractivity contribution in [2.24, 2.45) is 0 Å². The summed E-state index contributed by atoms with van der Waals surface area (Å²) in [6.45, 7) is 0.416. The number of carbonyl (C=O) groups is 2. The predicted octanol–water partition coefficient (Wildman–Crippen LogP) is 0.368. The Morgan fingerprint density at radius 2 is 1.86 bits per heavy atom. The largest absolute Gasteiger partial charge is 0.489 e. The van der Waals surface area contributed by atoms with Crippen molar-refractivity contribution < 1.29 is 19.1 Å². The van der Waals surface area contributed by atoms with Crippen molar-refractivity contribution in [2.45, 2.75) is 6.23 Å². The van der Waals surface area contributed by atoms with E-state index in [4.69, 9.17) is 9.47 Å². The summed E-state index contributed by atoms with van der Waals surface area (Å²) in [5.41, 5.74) is 0. The van der Waals surface area contributed by atoms with E-state index in [2.05, 4.69) is 0 Å². The zero-order valence-corrected chi connectivity index (χ0v) is 11.5. The number of ether oxygens (including phenoxy) is 2. The number of benzene rings is 1. The molecule has 0 N–H and O–H groups in total. The molecular weight excluding hydrogens is 274 g/mol. The Morgan fingerprint density at radius 1 is 1.19 bits per heavy atom. The maximum Gasteiger partial charge on any atom is 0.269 e. The maximum atomic E-state index is 11.7. The van der Waals surface area contributed by atoms with Crippen molar-refractivity contribution in [1.82, 2.24) is 15.1 Å². The lowest BCUT2D eigenvalue weighted by Gasteiger charge is -2.30. The maximum absolute atomic E-state index is 11.7. The quantitative estimate of drug-likeness (QED) is 0.746. The van der Waals surface area contributed by atoms with Gasteiger partial charge in [-0.1, -0.05) is 18.2 Å². The highest BCUT2D eigenvalue weighted by Gasteiger charge is 2.39. The van der Waals surface area contributed by atoms with Gasteiger partial charge in [0.15, 0.2) is 6.23 Å². The zero-order valence-electron chi connectivity index (χ0n) is 11.5. The summed E-state index contributed by atoms with van der Waals surface area (Å²) >= 11 is 0. The Balaban J connectivity index is 1.60. The van der Waals surface area contributed by atoms with Crippen LogP contribution in [0.5, 0.6) is 5.75 Å². The molecule has 1 fully saturated rings. The summed E-state index contributed by atoms with van der Waals surface area (Å²) in [7, 11) is 1.74. The first-order valence-electron chi connectivity index (χ1n) is 6.52. The minimum atomic E-state index is -0.375. The normalized spacial score (nSPS) is 23.3. The lowest BCUT2D eigenvalue weighted by Crippen LogP contribution is -2.52. The van der Waals surface area contributed by atoms with Crippen molar-refractivity contribution in [3.63, 3.8) is 0 Å². The van der Waals surface area contributed by atoms with E-state index in [9.17, 15) is 9.59 Å². The molecule has 1 aromatic rings. The lowest BCUT2D eigenvalue weighted by molar-refractivity contribution is -0.181. The van der Waals surface area contributed by atoms with Crippen LogP contribution in [0.4, 0.5) is 0 Å². The van der Waals surface area contributed by atoms with Crippen molar-refractivity contribution >= 4 is 11.8 Å². The molecular formula is C14H15N3O4. The Kier molecular flexibility index (Phi) is 3.70. The number of imide groups is 1. The summed E-state index contributed by atoms with van der Waals surface area (Å²) in [6, 6.07) is 9.38. The first-order valence-corrected chi connectivity index (χ1v) is 6.52. The van der Waals surface area contributed by atoms with Crippen LogP contribution in [-0.2, 0) is 14.3 Å². The standard InChI is InChI=1S/C14H15N3O4/c1-15-14(9-20-11-5-3-2-4-6-11)21-10-16(15)17-12(18)7-8-13(17)19/h2-8,14H,9-10H2,1H3. The van der Waals surface area contributed by atoms with Gasteiger partial charge in [0.05, 0.1) is 0 Å². The topological polar surface area (TPSA) is 62.3 Å². The van der Waals surface area contributed by atoms with Crippen LogP contribution in [0.2, 0.25) is 0 Å². The van der Waals surface area contributed by atoms with Gasteiger partial charge >= 0.3 is 0 Å². The number of likely N-dealkylation sites (N-methyl/N-ethyl adjacent to an activating group) is 1. The first kappa shape index (κ1) is 13.7. The van der Waals surface area contributed by atoms with Crippen LogP contribution in [-0.4, -0.2) is 53.6 Å². The highest BCUT2D eigenvalue weighted by Crippen LogP contribution is 2.20. The third-order valence-electron chi connectivity index (χ3n) is 3.32. The molecule has 0 bridgehead atoms. The van der Waals surface area contributed by atoms with Crippen LogP contribution >= 0.6 is 0 Å². The Labute approximate surface area is 121 Å². The molecule has 110 valence electrons. The van der Waals surface area contributed by atoms with Gasteiger partial charge in [-0.05, 0) is 12.1 Å². The molecule has 0 aliphatic carbocycles. The molecule has 7 nitrogen and oxygen atoms in total. The molecule has 21 heavy (non-hydrogen) atoms. The third-order valence-corrected chi connectivity index (χ3v) is 3.32. The van der Waals surface area contributed by atoms with Gasteiger partial charge in [0.2, 0.25) is 0 Å². The second kappa shape index (κ2) is 5.65. The molecule has 0 radical (unpaired) electrons. The smallest absolute Gasteiger partial charge is 0.269 e. The average molecular weight is 289 g/mol. The molecule has 1 unspecified atom stereocenters. The van der Waals surface area contributed by atoms with E-state index in [0.29, 0.717) is 6.61 Å². The van der Waals surface area contributed by atoms with Crippen molar-refractivity contribution in [3.8, 4) is 5.75 Å². The molecule has 2 aliphatic heterocycles. The van der Waals surface area contributed by atoms with Crippen molar-refractivity contribution in [1.29, 1.82) is 0 Å². The van der Waals surface area contributed by atoms with Gasteiger partial charge in [-0.15, -0.1) is 5.12 Å². The van der Waals surface area contributed by atoms with Crippen LogP contribution in [0.3, 0.4) is 0 Å². The fourth-order valence-corrected chi connectivity index (χ4v) is 2.16. The van der Waals surface area contributed by atoms with Gasteiger partial charge in [0.1, 0.15) is 19.1 Å². The first-order chi connectivity index (χ1) is 10.2. The molecule has 0 aromatic heterocycles. The van der Waals surface area contributed by atoms with Crippen LogP contribution in [0.1, 0.15) is 0 Å². The van der Waals surface area contributed by atoms with Crippen molar-refractivity contribution in [2.75, 3.05) is 20.4 Å². The molecule has 1 aromatic carbocycles. The summed E-state index contributed by atoms with van der Waals surface area (Å²) in [5, 5.41) is 4.18. The zero-order chi connectivity index (χ0) is 14.8. The Hall–Kier alpha value is -2.22.